The highest BCUT2D eigenvalue weighted by Gasteiger charge is 2.27. The molecule has 7 nitrogen and oxygen atoms in total. The van der Waals surface area contributed by atoms with E-state index in [1.54, 1.807) is 40.0 Å². The smallest absolute Gasteiger partial charge is 0.340 e. The number of fused-ring (bicyclic) bond motifs is 1. The zero-order chi connectivity index (χ0) is 25.9. The molecule has 192 valence electrons. The predicted octanol–water partition coefficient (Wildman–Crippen LogP) is 5.92. The normalized spacial score (nSPS) is 16.6. The Bertz CT molecular complexity index is 1220. The monoisotopic (exact) mass is 492 g/mol. The van der Waals surface area contributed by atoms with Crippen LogP contribution in [0.2, 0.25) is 0 Å². The van der Waals surface area contributed by atoms with Crippen LogP contribution in [0.25, 0.3) is 10.9 Å². The van der Waals surface area contributed by atoms with Gasteiger partial charge in [0.1, 0.15) is 5.75 Å². The van der Waals surface area contributed by atoms with Crippen molar-refractivity contribution in [1.29, 1.82) is 0 Å². The number of nitrogens with one attached hydrogen (secondary N) is 1. The summed E-state index contributed by atoms with van der Waals surface area (Å²) in [7, 11) is 1.73. The molecule has 3 aromatic rings. The van der Waals surface area contributed by atoms with Crippen LogP contribution < -0.4 is 4.74 Å². The fourth-order valence-electron chi connectivity index (χ4n) is 4.82. The molecule has 2 aromatic carbocycles. The van der Waals surface area contributed by atoms with E-state index in [0.717, 1.165) is 43.6 Å². The van der Waals surface area contributed by atoms with Crippen LogP contribution in [0.1, 0.15) is 73.1 Å². The van der Waals surface area contributed by atoms with E-state index >= 15 is 0 Å². The SMILES string of the molecule is COc1cc(C)c2[nH]ccc2c1CN1CCCCC1c1ccc(C(=O)OCOC(=O)C(C)(C)C)cc1. The molecule has 7 heteroatoms. The number of carbonyl (C=O) groups excluding carboxylic acids is 2. The van der Waals surface area contributed by atoms with Gasteiger partial charge in [-0.25, -0.2) is 4.79 Å². The Morgan fingerprint density at radius 1 is 1.08 bits per heavy atom. The molecular formula is C29H36N2O5. The Balaban J connectivity index is 1.47. The van der Waals surface area contributed by atoms with Crippen molar-refractivity contribution in [2.75, 3.05) is 20.4 Å². The van der Waals surface area contributed by atoms with Crippen LogP contribution in [0, 0.1) is 12.3 Å². The zero-order valence-corrected chi connectivity index (χ0v) is 21.8. The fourth-order valence-corrected chi connectivity index (χ4v) is 4.82. The Morgan fingerprint density at radius 2 is 1.83 bits per heavy atom. The molecule has 0 saturated carbocycles. The van der Waals surface area contributed by atoms with E-state index in [-0.39, 0.29) is 12.8 Å². The van der Waals surface area contributed by atoms with Crippen molar-refractivity contribution in [3.63, 3.8) is 0 Å². The lowest BCUT2D eigenvalue weighted by Crippen LogP contribution is -2.33. The Kier molecular flexibility index (Phi) is 7.69. The van der Waals surface area contributed by atoms with Gasteiger partial charge in [-0.15, -0.1) is 0 Å². The van der Waals surface area contributed by atoms with Crippen LogP contribution in [0.3, 0.4) is 0 Å². The molecule has 1 atom stereocenters. The van der Waals surface area contributed by atoms with Gasteiger partial charge in [-0.2, -0.15) is 0 Å². The molecule has 1 aromatic heterocycles. The van der Waals surface area contributed by atoms with Crippen molar-refractivity contribution in [2.45, 2.75) is 59.5 Å². The first-order valence-corrected chi connectivity index (χ1v) is 12.5. The number of ether oxygens (including phenoxy) is 3. The summed E-state index contributed by atoms with van der Waals surface area (Å²) < 4.78 is 15.9. The summed E-state index contributed by atoms with van der Waals surface area (Å²) in [6, 6.07) is 12.0. The third-order valence-corrected chi connectivity index (χ3v) is 6.83. The van der Waals surface area contributed by atoms with E-state index in [9.17, 15) is 9.59 Å². The maximum atomic E-state index is 12.4. The summed E-state index contributed by atoms with van der Waals surface area (Å²) in [5.74, 6) is -0.0117. The number of aromatic amines is 1. The molecule has 1 unspecified atom stereocenters. The standard InChI is InChI=1S/C29H36N2O5/c1-19-16-25(34-5)23(22-13-14-30-26(19)22)17-31-15-7-6-8-24(31)20-9-11-21(12-10-20)27(32)35-18-36-28(33)29(2,3)4/h9-14,16,24,30H,6-8,15,17-18H2,1-5H3. The molecule has 0 spiro atoms. The maximum Gasteiger partial charge on any atom is 0.340 e. The number of benzene rings is 2. The van der Waals surface area contributed by atoms with Crippen molar-refractivity contribution in [2.24, 2.45) is 5.41 Å². The topological polar surface area (TPSA) is 80.9 Å². The summed E-state index contributed by atoms with van der Waals surface area (Å²) in [4.78, 5) is 30.1. The van der Waals surface area contributed by atoms with E-state index in [0.29, 0.717) is 5.56 Å². The molecule has 36 heavy (non-hydrogen) atoms. The molecule has 1 fully saturated rings. The highest BCUT2D eigenvalue weighted by atomic mass is 16.7. The summed E-state index contributed by atoms with van der Waals surface area (Å²) in [6.45, 7) is 8.73. The van der Waals surface area contributed by atoms with Gasteiger partial charge in [-0.1, -0.05) is 18.6 Å². The van der Waals surface area contributed by atoms with E-state index in [1.807, 2.05) is 18.3 Å². The second-order valence-corrected chi connectivity index (χ2v) is 10.5. The lowest BCUT2D eigenvalue weighted by atomic mass is 9.93. The number of methoxy groups -OCH3 is 1. The number of rotatable bonds is 7. The molecule has 0 bridgehead atoms. The van der Waals surface area contributed by atoms with Crippen molar-refractivity contribution < 1.29 is 23.8 Å². The number of likely N-dealkylation sites (tertiary alicyclic amines) is 1. The number of hydrogen-bond donors (Lipinski definition) is 1. The molecule has 0 amide bonds. The first-order valence-electron chi connectivity index (χ1n) is 12.5. The van der Waals surface area contributed by atoms with Gasteiger partial charge in [0.25, 0.3) is 0 Å². The number of carbonyl (C=O) groups is 2. The Hall–Kier alpha value is -3.32. The van der Waals surface area contributed by atoms with Gasteiger partial charge in [0, 0.05) is 35.2 Å². The zero-order valence-electron chi connectivity index (χ0n) is 21.8. The Morgan fingerprint density at radius 3 is 2.53 bits per heavy atom. The third-order valence-electron chi connectivity index (χ3n) is 6.83. The minimum atomic E-state index is -0.643. The lowest BCUT2D eigenvalue weighted by Gasteiger charge is -2.36. The van der Waals surface area contributed by atoms with Gasteiger partial charge < -0.3 is 19.2 Å². The summed E-state index contributed by atoms with van der Waals surface area (Å²) in [6.07, 6.45) is 5.35. The lowest BCUT2D eigenvalue weighted by molar-refractivity contribution is -0.161. The number of hydrogen-bond acceptors (Lipinski definition) is 6. The average molecular weight is 493 g/mol. The van der Waals surface area contributed by atoms with Crippen LogP contribution in [0.4, 0.5) is 0 Å². The molecule has 2 heterocycles. The largest absolute Gasteiger partial charge is 0.496 e. The van der Waals surface area contributed by atoms with Crippen molar-refractivity contribution in [3.05, 3.63) is 64.8 Å². The van der Waals surface area contributed by atoms with Gasteiger partial charge >= 0.3 is 11.9 Å². The second-order valence-electron chi connectivity index (χ2n) is 10.5. The first kappa shape index (κ1) is 25.8. The summed E-state index contributed by atoms with van der Waals surface area (Å²) >= 11 is 0. The number of nitrogens with zero attached hydrogens (tertiary/aromatic N) is 1. The van der Waals surface area contributed by atoms with Crippen molar-refractivity contribution in [1.82, 2.24) is 9.88 Å². The van der Waals surface area contributed by atoms with Gasteiger partial charge in [-0.3, -0.25) is 9.69 Å². The number of piperidine rings is 1. The molecule has 0 aliphatic carbocycles. The van der Waals surface area contributed by atoms with Gasteiger partial charge in [-0.05, 0) is 82.5 Å². The third kappa shape index (κ3) is 5.57. The molecule has 1 N–H and O–H groups in total. The van der Waals surface area contributed by atoms with E-state index < -0.39 is 17.4 Å². The minimum absolute atomic E-state index is 0.247. The molecule has 1 aliphatic heterocycles. The average Bonchev–Trinajstić information content (AvgIpc) is 3.36. The summed E-state index contributed by atoms with van der Waals surface area (Å²) in [5, 5.41) is 1.20. The first-order chi connectivity index (χ1) is 17.2. The highest BCUT2D eigenvalue weighted by molar-refractivity contribution is 5.89. The van der Waals surface area contributed by atoms with Crippen molar-refractivity contribution in [3.8, 4) is 5.75 Å². The van der Waals surface area contributed by atoms with Crippen LogP contribution >= 0.6 is 0 Å². The Labute approximate surface area is 212 Å². The van der Waals surface area contributed by atoms with Crippen molar-refractivity contribution >= 4 is 22.8 Å². The van der Waals surface area contributed by atoms with Crippen LogP contribution in [0.5, 0.6) is 5.75 Å². The van der Waals surface area contributed by atoms with Crippen LogP contribution in [-0.4, -0.2) is 42.3 Å². The fraction of sp³-hybridized carbons (Fsp3) is 0.448. The van der Waals surface area contributed by atoms with E-state index in [1.165, 1.54) is 22.1 Å². The molecule has 1 saturated heterocycles. The molecule has 1 aliphatic rings. The number of aryl methyl sites for hydroxylation is 1. The number of esters is 2. The predicted molar refractivity (Wildman–Crippen MR) is 139 cm³/mol. The minimum Gasteiger partial charge on any atom is -0.496 e. The second kappa shape index (κ2) is 10.7. The number of H-pyrrole nitrogens is 1. The molecule has 0 radical (unpaired) electrons. The van der Waals surface area contributed by atoms with E-state index in [4.69, 9.17) is 14.2 Å². The van der Waals surface area contributed by atoms with Crippen LogP contribution in [-0.2, 0) is 20.8 Å². The van der Waals surface area contributed by atoms with Crippen LogP contribution in [0.15, 0.2) is 42.6 Å². The van der Waals surface area contributed by atoms with E-state index in [2.05, 4.69) is 28.9 Å². The molecule has 4 rings (SSSR count). The highest BCUT2D eigenvalue weighted by Crippen LogP contribution is 2.37. The molecular weight excluding hydrogens is 456 g/mol. The summed E-state index contributed by atoms with van der Waals surface area (Å²) in [5.41, 5.74) is 4.46. The number of aromatic nitrogens is 1. The quantitative estimate of drug-likeness (QED) is 0.326. The van der Waals surface area contributed by atoms with Gasteiger partial charge in [0.05, 0.1) is 18.1 Å². The van der Waals surface area contributed by atoms with Gasteiger partial charge in [0.15, 0.2) is 0 Å². The maximum absolute atomic E-state index is 12.4. The van der Waals surface area contributed by atoms with Gasteiger partial charge in [0.2, 0.25) is 6.79 Å².